The van der Waals surface area contributed by atoms with Crippen molar-refractivity contribution in [1.29, 1.82) is 0 Å². The average Bonchev–Trinajstić information content (AvgIpc) is 2.89. The van der Waals surface area contributed by atoms with Gasteiger partial charge in [0, 0.05) is 16.0 Å². The molecule has 2 rings (SSSR count). The molecule has 0 radical (unpaired) electrons. The van der Waals surface area contributed by atoms with Crippen molar-refractivity contribution < 1.29 is 19.7 Å². The van der Waals surface area contributed by atoms with E-state index in [2.05, 4.69) is 15.9 Å². The quantitative estimate of drug-likeness (QED) is 0.860. The van der Waals surface area contributed by atoms with Crippen LogP contribution in [0.1, 0.15) is 37.9 Å². The first-order chi connectivity index (χ1) is 9.54. The zero-order valence-electron chi connectivity index (χ0n) is 11.4. The van der Waals surface area contributed by atoms with Gasteiger partial charge in [-0.15, -0.1) is 0 Å². The van der Waals surface area contributed by atoms with Gasteiger partial charge in [-0.1, -0.05) is 22.4 Å². The number of hydrogen-bond donors (Lipinski definition) is 2. The van der Waals surface area contributed by atoms with E-state index in [1.807, 2.05) is 19.1 Å². The summed E-state index contributed by atoms with van der Waals surface area (Å²) in [5.74, 6) is -0.918. The Bertz CT molecular complexity index is 489. The van der Waals surface area contributed by atoms with Crippen LogP contribution in [0, 0.1) is 11.8 Å². The van der Waals surface area contributed by atoms with Crippen molar-refractivity contribution in [2.45, 2.75) is 32.3 Å². The number of carboxylic acids is 1. The minimum Gasteiger partial charge on any atom is -0.493 e. The molecule has 4 nitrogen and oxygen atoms in total. The van der Waals surface area contributed by atoms with E-state index in [-0.39, 0.29) is 5.92 Å². The molecule has 1 aromatic rings. The SMILES string of the molecule is CCOc1ccc(Br)cc1C(O)C1CCCC1C(=O)O. The molecule has 3 unspecified atom stereocenters. The van der Waals surface area contributed by atoms with Gasteiger partial charge in [0.25, 0.3) is 0 Å². The van der Waals surface area contributed by atoms with Crippen LogP contribution in [0.4, 0.5) is 0 Å². The Morgan fingerprint density at radius 3 is 2.90 bits per heavy atom. The monoisotopic (exact) mass is 342 g/mol. The van der Waals surface area contributed by atoms with Gasteiger partial charge in [0.05, 0.1) is 18.6 Å². The van der Waals surface area contributed by atoms with E-state index in [9.17, 15) is 15.0 Å². The Morgan fingerprint density at radius 2 is 2.25 bits per heavy atom. The fourth-order valence-corrected chi connectivity index (χ4v) is 3.32. The maximum Gasteiger partial charge on any atom is 0.306 e. The van der Waals surface area contributed by atoms with Gasteiger partial charge in [0.15, 0.2) is 0 Å². The van der Waals surface area contributed by atoms with Crippen molar-refractivity contribution in [2.24, 2.45) is 11.8 Å². The van der Waals surface area contributed by atoms with Gasteiger partial charge in [-0.25, -0.2) is 0 Å². The second-order valence-corrected chi connectivity index (χ2v) is 6.02. The average molecular weight is 343 g/mol. The highest BCUT2D eigenvalue weighted by atomic mass is 79.9. The molecule has 0 amide bonds. The number of carboxylic acid groups (broad SMARTS) is 1. The van der Waals surface area contributed by atoms with E-state index in [0.717, 1.165) is 17.3 Å². The summed E-state index contributed by atoms with van der Waals surface area (Å²) in [5.41, 5.74) is 0.666. The lowest BCUT2D eigenvalue weighted by Gasteiger charge is -2.24. The van der Waals surface area contributed by atoms with Gasteiger partial charge in [0.2, 0.25) is 0 Å². The minimum atomic E-state index is -0.820. The largest absolute Gasteiger partial charge is 0.493 e. The summed E-state index contributed by atoms with van der Waals surface area (Å²) in [4.78, 5) is 11.3. The van der Waals surface area contributed by atoms with Crippen LogP contribution in [0.3, 0.4) is 0 Å². The molecule has 110 valence electrons. The predicted molar refractivity (Wildman–Crippen MR) is 78.7 cm³/mol. The van der Waals surface area contributed by atoms with Gasteiger partial charge < -0.3 is 14.9 Å². The summed E-state index contributed by atoms with van der Waals surface area (Å²) in [5, 5.41) is 19.9. The number of carbonyl (C=O) groups is 1. The molecule has 0 aromatic heterocycles. The Hall–Kier alpha value is -1.07. The van der Waals surface area contributed by atoms with Crippen LogP contribution in [0.15, 0.2) is 22.7 Å². The Morgan fingerprint density at radius 1 is 1.50 bits per heavy atom. The van der Waals surface area contributed by atoms with E-state index in [0.29, 0.717) is 24.3 Å². The number of aliphatic hydroxyl groups is 1. The summed E-state index contributed by atoms with van der Waals surface area (Å²) in [7, 11) is 0. The summed E-state index contributed by atoms with van der Waals surface area (Å²) >= 11 is 3.39. The third-order valence-corrected chi connectivity index (χ3v) is 4.38. The van der Waals surface area contributed by atoms with E-state index >= 15 is 0 Å². The van der Waals surface area contributed by atoms with Crippen LogP contribution in [0.25, 0.3) is 0 Å². The molecule has 2 N–H and O–H groups in total. The zero-order chi connectivity index (χ0) is 14.7. The summed E-state index contributed by atoms with van der Waals surface area (Å²) < 4.78 is 6.39. The van der Waals surface area contributed by atoms with E-state index in [1.165, 1.54) is 0 Å². The van der Waals surface area contributed by atoms with E-state index in [1.54, 1.807) is 6.07 Å². The third kappa shape index (κ3) is 3.15. The van der Waals surface area contributed by atoms with Gasteiger partial charge >= 0.3 is 5.97 Å². The van der Waals surface area contributed by atoms with Crippen molar-refractivity contribution in [1.82, 2.24) is 0 Å². The number of rotatable bonds is 5. The topological polar surface area (TPSA) is 66.8 Å². The molecule has 1 aromatic carbocycles. The highest BCUT2D eigenvalue weighted by Crippen LogP contribution is 2.43. The summed E-state index contributed by atoms with van der Waals surface area (Å²) in [6.07, 6.45) is 1.40. The molecule has 1 saturated carbocycles. The van der Waals surface area contributed by atoms with Gasteiger partial charge in [-0.05, 0) is 38.0 Å². The molecule has 0 saturated heterocycles. The van der Waals surface area contributed by atoms with Gasteiger partial charge in [-0.3, -0.25) is 4.79 Å². The summed E-state index contributed by atoms with van der Waals surface area (Å²) in [6, 6.07) is 5.47. The fraction of sp³-hybridized carbons (Fsp3) is 0.533. The van der Waals surface area contributed by atoms with Crippen molar-refractivity contribution in [3.05, 3.63) is 28.2 Å². The van der Waals surface area contributed by atoms with Crippen molar-refractivity contribution in [3.8, 4) is 5.75 Å². The molecule has 1 fully saturated rings. The molecule has 0 heterocycles. The van der Waals surface area contributed by atoms with Crippen LogP contribution in [-0.2, 0) is 4.79 Å². The van der Waals surface area contributed by atoms with E-state index < -0.39 is 18.0 Å². The molecular formula is C15H19BrO4. The fourth-order valence-electron chi connectivity index (χ4n) is 2.94. The Kier molecular flexibility index (Phi) is 5.05. The first-order valence-electron chi connectivity index (χ1n) is 6.87. The first-order valence-corrected chi connectivity index (χ1v) is 7.67. The molecule has 1 aliphatic carbocycles. The van der Waals surface area contributed by atoms with Crippen LogP contribution in [0.5, 0.6) is 5.75 Å². The highest BCUT2D eigenvalue weighted by molar-refractivity contribution is 9.10. The lowest BCUT2D eigenvalue weighted by atomic mass is 9.86. The highest BCUT2D eigenvalue weighted by Gasteiger charge is 2.38. The predicted octanol–water partition coefficient (Wildman–Crippen LogP) is 3.38. The van der Waals surface area contributed by atoms with Crippen LogP contribution < -0.4 is 4.74 Å². The lowest BCUT2D eigenvalue weighted by Crippen LogP contribution is -2.24. The maximum atomic E-state index is 11.3. The van der Waals surface area contributed by atoms with Crippen LogP contribution in [0.2, 0.25) is 0 Å². The number of benzene rings is 1. The van der Waals surface area contributed by atoms with Crippen molar-refractivity contribution >= 4 is 21.9 Å². The third-order valence-electron chi connectivity index (χ3n) is 3.88. The molecule has 5 heteroatoms. The molecule has 1 aliphatic rings. The molecule has 20 heavy (non-hydrogen) atoms. The van der Waals surface area contributed by atoms with E-state index in [4.69, 9.17) is 4.74 Å². The number of ether oxygens (including phenoxy) is 1. The molecule has 3 atom stereocenters. The maximum absolute atomic E-state index is 11.3. The van der Waals surface area contributed by atoms with Crippen LogP contribution >= 0.6 is 15.9 Å². The zero-order valence-corrected chi connectivity index (χ0v) is 13.0. The van der Waals surface area contributed by atoms with Crippen molar-refractivity contribution in [3.63, 3.8) is 0 Å². The smallest absolute Gasteiger partial charge is 0.306 e. The molecule has 0 spiro atoms. The first kappa shape index (κ1) is 15.3. The summed E-state index contributed by atoms with van der Waals surface area (Å²) in [6.45, 7) is 2.39. The minimum absolute atomic E-state index is 0.249. The second-order valence-electron chi connectivity index (χ2n) is 5.10. The molecule has 0 aliphatic heterocycles. The number of halogens is 1. The number of aliphatic hydroxyl groups excluding tert-OH is 1. The lowest BCUT2D eigenvalue weighted by molar-refractivity contribution is -0.144. The Labute approximate surface area is 126 Å². The number of hydrogen-bond acceptors (Lipinski definition) is 3. The Balaban J connectivity index is 2.29. The molecule has 0 bridgehead atoms. The molecular weight excluding hydrogens is 324 g/mol. The second kappa shape index (κ2) is 6.59. The normalized spacial score (nSPS) is 23.6. The van der Waals surface area contributed by atoms with Crippen molar-refractivity contribution in [2.75, 3.05) is 6.61 Å². The van der Waals surface area contributed by atoms with Crippen LogP contribution in [-0.4, -0.2) is 22.8 Å². The van der Waals surface area contributed by atoms with Gasteiger partial charge in [0.1, 0.15) is 5.75 Å². The standard InChI is InChI=1S/C15H19BrO4/c1-2-20-13-7-6-9(16)8-12(13)14(17)10-4-3-5-11(10)15(18)19/h6-8,10-11,14,17H,2-5H2,1H3,(H,18,19). The number of aliphatic carboxylic acids is 1. The van der Waals surface area contributed by atoms with Gasteiger partial charge in [-0.2, -0.15) is 0 Å².